The molecule has 43 heavy (non-hydrogen) atoms. The van der Waals surface area contributed by atoms with Crippen LogP contribution in [0, 0.1) is 0 Å². The lowest BCUT2D eigenvalue weighted by molar-refractivity contribution is -0.142. The molecule has 0 aliphatic carbocycles. The van der Waals surface area contributed by atoms with Crippen molar-refractivity contribution in [1.82, 2.24) is 21.3 Å². The monoisotopic (exact) mass is 597 g/mol. The van der Waals surface area contributed by atoms with Gasteiger partial charge in [-0.05, 0) is 56.2 Å². The molecular formula is C30H43N7O6. The Morgan fingerprint density at radius 2 is 1.19 bits per heavy atom. The number of urea groups is 1. The third-order valence-corrected chi connectivity index (χ3v) is 6.71. The Bertz CT molecular complexity index is 1180. The van der Waals surface area contributed by atoms with Crippen molar-refractivity contribution in [3.63, 3.8) is 0 Å². The van der Waals surface area contributed by atoms with Crippen LogP contribution in [-0.4, -0.2) is 72.1 Å². The second-order valence-electron chi connectivity index (χ2n) is 10.2. The largest absolute Gasteiger partial charge is 0.480 e. The Balaban J connectivity index is 2.21. The van der Waals surface area contributed by atoms with Gasteiger partial charge in [-0.15, -0.1) is 0 Å². The first-order chi connectivity index (χ1) is 20.6. The number of carboxylic acids is 1. The van der Waals surface area contributed by atoms with Gasteiger partial charge in [0.2, 0.25) is 17.7 Å². The number of nitrogens with one attached hydrogen (secondary N) is 4. The number of carboxylic acid groups (broad SMARTS) is 1. The van der Waals surface area contributed by atoms with Crippen LogP contribution in [-0.2, 0) is 32.0 Å². The van der Waals surface area contributed by atoms with Gasteiger partial charge >= 0.3 is 12.0 Å². The van der Waals surface area contributed by atoms with E-state index in [1.54, 1.807) is 30.3 Å². The van der Waals surface area contributed by atoms with E-state index in [1.807, 2.05) is 30.3 Å². The molecule has 0 unspecified atom stereocenters. The van der Waals surface area contributed by atoms with Crippen LogP contribution in [0.1, 0.15) is 43.2 Å². The molecule has 0 fully saturated rings. The maximum Gasteiger partial charge on any atom is 0.326 e. The maximum absolute atomic E-state index is 13.5. The van der Waals surface area contributed by atoms with Crippen molar-refractivity contribution in [2.24, 2.45) is 17.2 Å². The Morgan fingerprint density at radius 3 is 1.74 bits per heavy atom. The molecule has 0 spiro atoms. The highest BCUT2D eigenvalue weighted by atomic mass is 16.4. The third kappa shape index (κ3) is 13.4. The van der Waals surface area contributed by atoms with Gasteiger partial charge in [0.25, 0.3) is 0 Å². The highest BCUT2D eigenvalue weighted by molar-refractivity contribution is 5.94. The fourth-order valence-electron chi connectivity index (χ4n) is 4.38. The first-order valence-corrected chi connectivity index (χ1v) is 14.3. The zero-order chi connectivity index (χ0) is 31.6. The molecule has 2 aromatic carbocycles. The van der Waals surface area contributed by atoms with Gasteiger partial charge in [-0.3, -0.25) is 14.4 Å². The summed E-state index contributed by atoms with van der Waals surface area (Å²) in [6, 6.07) is 13.0. The fourth-order valence-corrected chi connectivity index (χ4v) is 4.38. The van der Waals surface area contributed by atoms with Crippen molar-refractivity contribution in [3.8, 4) is 0 Å². The van der Waals surface area contributed by atoms with Crippen LogP contribution in [0.25, 0.3) is 0 Å². The molecule has 13 heteroatoms. The Hall–Kier alpha value is -4.49. The Kier molecular flexibility index (Phi) is 15.2. The second-order valence-corrected chi connectivity index (χ2v) is 10.2. The van der Waals surface area contributed by atoms with Crippen molar-refractivity contribution in [2.45, 2.75) is 69.1 Å². The number of hydrogen-bond donors (Lipinski definition) is 8. The van der Waals surface area contributed by atoms with E-state index in [0.29, 0.717) is 19.4 Å². The van der Waals surface area contributed by atoms with E-state index in [0.717, 1.165) is 11.1 Å². The standard InChI is InChI=1S/C30H43N7O6/c31-16-8-7-14-24(29(41)42)36-28(40)25(19-21-12-5-2-6-13-21)37-27(39)23(15-9-17-34-30(33)43)35-26(38)22(32)18-20-10-3-1-4-11-20/h1-6,10-13,22-25H,7-9,14-19,31-32H2,(H,35,38)(H,36,40)(H,37,39)(H,41,42)(H3,33,34,43)/t22-,23-,24-,25-/m0/s1. The molecule has 4 atom stereocenters. The molecule has 5 amide bonds. The lowest BCUT2D eigenvalue weighted by Crippen LogP contribution is -2.57. The number of amides is 5. The van der Waals surface area contributed by atoms with Gasteiger partial charge in [0.15, 0.2) is 0 Å². The molecule has 0 bridgehead atoms. The van der Waals surface area contributed by atoms with Crippen LogP contribution in [0.2, 0.25) is 0 Å². The third-order valence-electron chi connectivity index (χ3n) is 6.71. The molecule has 11 N–H and O–H groups in total. The number of nitrogens with two attached hydrogens (primary N) is 3. The van der Waals surface area contributed by atoms with Crippen molar-refractivity contribution in [1.29, 1.82) is 0 Å². The molecular weight excluding hydrogens is 554 g/mol. The SMILES string of the molecule is NCCCC[C@H](NC(=O)[C@H](Cc1ccccc1)NC(=O)[C@H](CCCNC(N)=O)NC(=O)[C@@H](N)Cc1ccccc1)C(=O)O. The van der Waals surface area contributed by atoms with E-state index in [9.17, 15) is 29.1 Å². The highest BCUT2D eigenvalue weighted by Gasteiger charge is 2.30. The summed E-state index contributed by atoms with van der Waals surface area (Å²) in [6.45, 7) is 0.548. The fraction of sp³-hybridized carbons (Fsp3) is 0.433. The van der Waals surface area contributed by atoms with Gasteiger partial charge in [-0.2, -0.15) is 0 Å². The van der Waals surface area contributed by atoms with E-state index in [-0.39, 0.29) is 38.6 Å². The molecule has 0 aliphatic rings. The van der Waals surface area contributed by atoms with E-state index in [4.69, 9.17) is 17.2 Å². The molecule has 0 heterocycles. The summed E-state index contributed by atoms with van der Waals surface area (Å²) in [5.41, 5.74) is 18.3. The van der Waals surface area contributed by atoms with Crippen molar-refractivity contribution >= 4 is 29.7 Å². The van der Waals surface area contributed by atoms with Gasteiger partial charge in [-0.1, -0.05) is 60.7 Å². The Morgan fingerprint density at radius 1 is 0.674 bits per heavy atom. The number of benzene rings is 2. The van der Waals surface area contributed by atoms with E-state index >= 15 is 0 Å². The van der Waals surface area contributed by atoms with Crippen LogP contribution in [0.15, 0.2) is 60.7 Å². The molecule has 2 rings (SSSR count). The van der Waals surface area contributed by atoms with Crippen molar-refractivity contribution in [2.75, 3.05) is 13.1 Å². The summed E-state index contributed by atoms with van der Waals surface area (Å²) in [5, 5.41) is 20.0. The number of carbonyl (C=O) groups excluding carboxylic acids is 4. The topological polar surface area (TPSA) is 232 Å². The zero-order valence-corrected chi connectivity index (χ0v) is 24.2. The lowest BCUT2D eigenvalue weighted by atomic mass is 10.0. The first kappa shape index (κ1) is 34.7. The normalized spacial score (nSPS) is 13.5. The summed E-state index contributed by atoms with van der Waals surface area (Å²) in [4.78, 5) is 62.8. The number of unbranched alkanes of at least 4 members (excludes halogenated alkanes) is 1. The van der Waals surface area contributed by atoms with Gasteiger partial charge in [-0.25, -0.2) is 9.59 Å². The molecule has 2 aromatic rings. The van der Waals surface area contributed by atoms with Gasteiger partial charge in [0, 0.05) is 13.0 Å². The molecule has 0 saturated carbocycles. The van der Waals surface area contributed by atoms with Crippen LogP contribution in [0.3, 0.4) is 0 Å². The first-order valence-electron chi connectivity index (χ1n) is 14.3. The summed E-state index contributed by atoms with van der Waals surface area (Å²) in [5.74, 6) is -3.11. The molecule has 0 saturated heterocycles. The van der Waals surface area contributed by atoms with Crippen LogP contribution in [0.5, 0.6) is 0 Å². The van der Waals surface area contributed by atoms with Crippen LogP contribution < -0.4 is 38.5 Å². The van der Waals surface area contributed by atoms with Gasteiger partial charge in [0.05, 0.1) is 6.04 Å². The van der Waals surface area contributed by atoms with Gasteiger partial charge in [0.1, 0.15) is 18.1 Å². The molecule has 0 aliphatic heterocycles. The quantitative estimate of drug-likeness (QED) is 0.102. The molecule has 234 valence electrons. The molecule has 0 aromatic heterocycles. The lowest BCUT2D eigenvalue weighted by Gasteiger charge is -2.25. The van der Waals surface area contributed by atoms with Crippen molar-refractivity contribution in [3.05, 3.63) is 71.8 Å². The predicted molar refractivity (Wildman–Crippen MR) is 161 cm³/mol. The predicted octanol–water partition coefficient (Wildman–Crippen LogP) is -0.0844. The van der Waals surface area contributed by atoms with E-state index in [2.05, 4.69) is 21.3 Å². The van der Waals surface area contributed by atoms with Crippen molar-refractivity contribution < 1.29 is 29.1 Å². The van der Waals surface area contributed by atoms with E-state index < -0.39 is 53.9 Å². The number of rotatable bonds is 19. The van der Waals surface area contributed by atoms with Gasteiger partial charge < -0.3 is 43.6 Å². The maximum atomic E-state index is 13.5. The number of aliphatic carboxylic acids is 1. The minimum Gasteiger partial charge on any atom is -0.480 e. The number of carbonyl (C=O) groups is 5. The molecule has 13 nitrogen and oxygen atoms in total. The zero-order valence-electron chi connectivity index (χ0n) is 24.2. The average molecular weight is 598 g/mol. The average Bonchev–Trinajstić information content (AvgIpc) is 2.98. The smallest absolute Gasteiger partial charge is 0.326 e. The Labute approximate surface area is 251 Å². The summed E-state index contributed by atoms with van der Waals surface area (Å²) >= 11 is 0. The van der Waals surface area contributed by atoms with E-state index in [1.165, 1.54) is 0 Å². The van der Waals surface area contributed by atoms with Crippen LogP contribution in [0.4, 0.5) is 4.79 Å². The summed E-state index contributed by atoms with van der Waals surface area (Å²) in [7, 11) is 0. The second kappa shape index (κ2) is 18.8. The molecule has 0 radical (unpaired) electrons. The summed E-state index contributed by atoms with van der Waals surface area (Å²) < 4.78 is 0. The summed E-state index contributed by atoms with van der Waals surface area (Å²) in [6.07, 6.45) is 1.98. The minimum absolute atomic E-state index is 0.0744. The number of hydrogen-bond acceptors (Lipinski definition) is 7. The highest BCUT2D eigenvalue weighted by Crippen LogP contribution is 2.09. The van der Waals surface area contributed by atoms with Crippen LogP contribution >= 0.6 is 0 Å². The number of primary amides is 1. The minimum atomic E-state index is -1.20.